The van der Waals surface area contributed by atoms with E-state index in [0.29, 0.717) is 5.92 Å². The summed E-state index contributed by atoms with van der Waals surface area (Å²) in [7, 11) is 2.15. The molecule has 0 unspecified atom stereocenters. The number of likely N-dealkylation sites (N-methyl/N-ethyl adjacent to an activating group) is 1. The number of likely N-dealkylation sites (tertiary alicyclic amines) is 1. The zero-order valence-corrected chi connectivity index (χ0v) is 9.94. The van der Waals surface area contributed by atoms with Gasteiger partial charge in [0.05, 0.1) is 9.88 Å². The zero-order chi connectivity index (χ0) is 11.0. The van der Waals surface area contributed by atoms with E-state index >= 15 is 0 Å². The van der Waals surface area contributed by atoms with Crippen LogP contribution in [0.3, 0.4) is 0 Å². The third-order valence-electron chi connectivity index (χ3n) is 2.90. The summed E-state index contributed by atoms with van der Waals surface area (Å²) in [4.78, 5) is 12.1. The quantitative estimate of drug-likeness (QED) is 0.793. The third kappa shape index (κ3) is 1.74. The Morgan fingerprint density at radius 3 is 2.75 bits per heavy atom. The van der Waals surface area contributed by atoms with Crippen molar-refractivity contribution in [1.29, 1.82) is 0 Å². The van der Waals surface area contributed by atoms with Gasteiger partial charge in [-0.3, -0.25) is 4.98 Å². The summed E-state index contributed by atoms with van der Waals surface area (Å²) in [6.45, 7) is 2.28. The van der Waals surface area contributed by atoms with Crippen LogP contribution in [0.5, 0.6) is 0 Å². The van der Waals surface area contributed by atoms with Crippen LogP contribution in [0.25, 0.3) is 10.4 Å². The molecule has 4 heteroatoms. The smallest absolute Gasteiger partial charge is 0.0987 e. The number of nitrogens with zero attached hydrogens (tertiary/aromatic N) is 3. The van der Waals surface area contributed by atoms with Crippen LogP contribution in [0, 0.1) is 0 Å². The van der Waals surface area contributed by atoms with E-state index < -0.39 is 0 Å². The van der Waals surface area contributed by atoms with E-state index in [1.54, 1.807) is 11.3 Å². The Labute approximate surface area is 98.8 Å². The average molecular weight is 231 g/mol. The van der Waals surface area contributed by atoms with Gasteiger partial charge in [0.1, 0.15) is 0 Å². The number of rotatable bonds is 2. The summed E-state index contributed by atoms with van der Waals surface area (Å²) < 4.78 is 0. The van der Waals surface area contributed by atoms with E-state index in [1.165, 1.54) is 15.4 Å². The SMILES string of the molecule is CN1CC(c2ncc(-c3ccncc3)s2)C1. The van der Waals surface area contributed by atoms with Gasteiger partial charge in [-0.05, 0) is 24.7 Å². The first kappa shape index (κ1) is 9.93. The molecule has 0 aliphatic carbocycles. The van der Waals surface area contributed by atoms with E-state index in [9.17, 15) is 0 Å². The first-order valence-electron chi connectivity index (χ1n) is 5.37. The lowest BCUT2D eigenvalue weighted by Gasteiger charge is -2.34. The van der Waals surface area contributed by atoms with Gasteiger partial charge < -0.3 is 4.90 Å². The maximum atomic E-state index is 4.52. The summed E-state index contributed by atoms with van der Waals surface area (Å²) in [5.41, 5.74) is 1.21. The molecule has 0 N–H and O–H groups in total. The Balaban J connectivity index is 1.83. The Morgan fingerprint density at radius 2 is 2.06 bits per heavy atom. The van der Waals surface area contributed by atoms with Crippen molar-refractivity contribution < 1.29 is 0 Å². The van der Waals surface area contributed by atoms with Crippen LogP contribution < -0.4 is 0 Å². The van der Waals surface area contributed by atoms with Crippen LogP contribution >= 0.6 is 11.3 Å². The van der Waals surface area contributed by atoms with Gasteiger partial charge in [0.25, 0.3) is 0 Å². The standard InChI is InChI=1S/C12H13N3S/c1-15-7-10(8-15)12-14-6-11(16-12)9-2-4-13-5-3-9/h2-6,10H,7-8H2,1H3. The molecule has 1 fully saturated rings. The summed E-state index contributed by atoms with van der Waals surface area (Å²) in [6.07, 6.45) is 5.63. The fourth-order valence-corrected chi connectivity index (χ4v) is 2.99. The fraction of sp³-hybridized carbons (Fsp3) is 0.333. The minimum Gasteiger partial charge on any atom is -0.305 e. The Hall–Kier alpha value is -1.26. The number of thiazole rings is 1. The highest BCUT2D eigenvalue weighted by atomic mass is 32.1. The van der Waals surface area contributed by atoms with Crippen molar-refractivity contribution in [2.45, 2.75) is 5.92 Å². The third-order valence-corrected chi connectivity index (χ3v) is 4.11. The molecule has 1 saturated heterocycles. The molecule has 0 atom stereocenters. The Kier molecular flexibility index (Phi) is 2.46. The molecule has 3 nitrogen and oxygen atoms in total. The highest BCUT2D eigenvalue weighted by Gasteiger charge is 2.27. The highest BCUT2D eigenvalue weighted by molar-refractivity contribution is 7.15. The predicted octanol–water partition coefficient (Wildman–Crippen LogP) is 2.23. The molecule has 3 rings (SSSR count). The zero-order valence-electron chi connectivity index (χ0n) is 9.13. The maximum Gasteiger partial charge on any atom is 0.0987 e. The molecule has 0 saturated carbocycles. The van der Waals surface area contributed by atoms with Gasteiger partial charge in [0, 0.05) is 37.6 Å². The van der Waals surface area contributed by atoms with E-state index in [-0.39, 0.29) is 0 Å². The molecule has 0 radical (unpaired) electrons. The van der Waals surface area contributed by atoms with Gasteiger partial charge in [0.2, 0.25) is 0 Å². The van der Waals surface area contributed by atoms with Crippen LogP contribution in [0.4, 0.5) is 0 Å². The van der Waals surface area contributed by atoms with Gasteiger partial charge in [-0.2, -0.15) is 0 Å². The Morgan fingerprint density at radius 1 is 1.31 bits per heavy atom. The van der Waals surface area contributed by atoms with Crippen molar-refractivity contribution in [2.75, 3.05) is 20.1 Å². The molecular weight excluding hydrogens is 218 g/mol. The molecule has 2 aromatic heterocycles. The number of aromatic nitrogens is 2. The summed E-state index contributed by atoms with van der Waals surface area (Å²) in [5.74, 6) is 0.644. The predicted molar refractivity (Wildman–Crippen MR) is 65.6 cm³/mol. The van der Waals surface area contributed by atoms with Crippen molar-refractivity contribution in [3.63, 3.8) is 0 Å². The molecule has 3 heterocycles. The summed E-state index contributed by atoms with van der Waals surface area (Å²) >= 11 is 1.81. The summed E-state index contributed by atoms with van der Waals surface area (Å²) in [5, 5.41) is 1.27. The van der Waals surface area contributed by atoms with Crippen molar-refractivity contribution in [3.8, 4) is 10.4 Å². The van der Waals surface area contributed by atoms with Gasteiger partial charge in [-0.25, -0.2) is 4.98 Å². The van der Waals surface area contributed by atoms with Gasteiger partial charge >= 0.3 is 0 Å². The lowest BCUT2D eigenvalue weighted by atomic mass is 10.0. The molecule has 0 amide bonds. The van der Waals surface area contributed by atoms with Crippen LogP contribution in [0.15, 0.2) is 30.7 Å². The number of pyridine rings is 1. The Bertz CT molecular complexity index is 474. The second-order valence-electron chi connectivity index (χ2n) is 4.22. The van der Waals surface area contributed by atoms with E-state index in [1.807, 2.05) is 30.7 Å². The van der Waals surface area contributed by atoms with Crippen LogP contribution in [-0.4, -0.2) is 35.0 Å². The molecule has 1 aliphatic rings. The van der Waals surface area contributed by atoms with Crippen molar-refractivity contribution in [2.24, 2.45) is 0 Å². The van der Waals surface area contributed by atoms with E-state index in [2.05, 4.69) is 21.9 Å². The van der Waals surface area contributed by atoms with Crippen LogP contribution in [0.1, 0.15) is 10.9 Å². The van der Waals surface area contributed by atoms with Gasteiger partial charge in [-0.1, -0.05) is 0 Å². The molecule has 2 aromatic rings. The second-order valence-corrected chi connectivity index (χ2v) is 5.28. The largest absolute Gasteiger partial charge is 0.305 e. The van der Waals surface area contributed by atoms with Gasteiger partial charge in [0.15, 0.2) is 0 Å². The van der Waals surface area contributed by atoms with Crippen molar-refractivity contribution in [3.05, 3.63) is 35.7 Å². The minimum absolute atomic E-state index is 0.644. The monoisotopic (exact) mass is 231 g/mol. The molecular formula is C12H13N3S. The topological polar surface area (TPSA) is 29.0 Å². The molecule has 1 aliphatic heterocycles. The van der Waals surface area contributed by atoms with Gasteiger partial charge in [-0.15, -0.1) is 11.3 Å². The average Bonchev–Trinajstić information content (AvgIpc) is 2.75. The molecule has 0 aromatic carbocycles. The fourth-order valence-electron chi connectivity index (χ4n) is 1.98. The van der Waals surface area contributed by atoms with E-state index in [4.69, 9.17) is 0 Å². The first-order valence-corrected chi connectivity index (χ1v) is 6.19. The van der Waals surface area contributed by atoms with E-state index in [0.717, 1.165) is 13.1 Å². The molecule has 0 spiro atoms. The second kappa shape index (κ2) is 3.96. The lowest BCUT2D eigenvalue weighted by molar-refractivity contribution is 0.189. The first-order chi connectivity index (χ1) is 7.83. The minimum atomic E-state index is 0.644. The lowest BCUT2D eigenvalue weighted by Crippen LogP contribution is -2.41. The highest BCUT2D eigenvalue weighted by Crippen LogP contribution is 2.33. The number of hydrogen-bond donors (Lipinski definition) is 0. The van der Waals surface area contributed by atoms with Crippen molar-refractivity contribution in [1.82, 2.24) is 14.9 Å². The number of hydrogen-bond acceptors (Lipinski definition) is 4. The van der Waals surface area contributed by atoms with Crippen LogP contribution in [0.2, 0.25) is 0 Å². The summed E-state index contributed by atoms with van der Waals surface area (Å²) in [6, 6.07) is 4.06. The molecule has 0 bridgehead atoms. The normalized spacial score (nSPS) is 17.3. The van der Waals surface area contributed by atoms with Crippen molar-refractivity contribution >= 4 is 11.3 Å². The van der Waals surface area contributed by atoms with Crippen LogP contribution in [-0.2, 0) is 0 Å². The molecule has 16 heavy (non-hydrogen) atoms. The maximum absolute atomic E-state index is 4.52. The molecule has 82 valence electrons.